The Kier molecular flexibility index (Phi) is 6.94. The molecule has 0 aliphatic heterocycles. The molecule has 0 radical (unpaired) electrons. The van der Waals surface area contributed by atoms with Crippen LogP contribution in [0.3, 0.4) is 0 Å². The summed E-state index contributed by atoms with van der Waals surface area (Å²) in [6, 6.07) is 28.4. The Morgan fingerprint density at radius 2 is 1.44 bits per heavy atom. The number of carbonyl (C=O) groups is 2. The smallest absolute Gasteiger partial charge is 0.321 e. The van der Waals surface area contributed by atoms with Gasteiger partial charge in [-0.1, -0.05) is 90.6 Å². The van der Waals surface area contributed by atoms with E-state index in [0.29, 0.717) is 17.5 Å². The molecule has 0 aliphatic rings. The SMILES string of the molecule is O=C(CSc1nnc(-c2ccccc2)n1-c1ccccc1)NC(=O)NCc1ccccc1. The largest absolute Gasteiger partial charge is 0.334 e. The van der Waals surface area contributed by atoms with Crippen LogP contribution in [0.1, 0.15) is 5.56 Å². The fourth-order valence-corrected chi connectivity index (χ4v) is 3.81. The summed E-state index contributed by atoms with van der Waals surface area (Å²) in [6.07, 6.45) is 0. The van der Waals surface area contributed by atoms with Crippen LogP contribution < -0.4 is 10.6 Å². The van der Waals surface area contributed by atoms with Crippen molar-refractivity contribution in [2.24, 2.45) is 0 Å². The van der Waals surface area contributed by atoms with Gasteiger partial charge >= 0.3 is 6.03 Å². The first-order chi connectivity index (χ1) is 15.7. The van der Waals surface area contributed by atoms with Crippen LogP contribution in [0.2, 0.25) is 0 Å². The highest BCUT2D eigenvalue weighted by molar-refractivity contribution is 7.99. The van der Waals surface area contributed by atoms with Gasteiger partial charge in [-0.05, 0) is 17.7 Å². The van der Waals surface area contributed by atoms with E-state index < -0.39 is 11.9 Å². The van der Waals surface area contributed by atoms with Crippen molar-refractivity contribution in [3.63, 3.8) is 0 Å². The van der Waals surface area contributed by atoms with Gasteiger partial charge in [-0.25, -0.2) is 4.79 Å². The summed E-state index contributed by atoms with van der Waals surface area (Å²) < 4.78 is 1.91. The van der Waals surface area contributed by atoms with Gasteiger partial charge in [0, 0.05) is 17.8 Å². The lowest BCUT2D eigenvalue weighted by Crippen LogP contribution is -2.40. The number of benzene rings is 3. The first kappa shape index (κ1) is 21.3. The highest BCUT2D eigenvalue weighted by Gasteiger charge is 2.17. The molecule has 0 saturated heterocycles. The molecule has 32 heavy (non-hydrogen) atoms. The number of thioether (sulfide) groups is 1. The van der Waals surface area contributed by atoms with Crippen molar-refractivity contribution in [3.05, 3.63) is 96.6 Å². The Hall–Kier alpha value is -3.91. The van der Waals surface area contributed by atoms with Crippen LogP contribution in [0.4, 0.5) is 4.79 Å². The molecule has 1 aromatic heterocycles. The highest BCUT2D eigenvalue weighted by Crippen LogP contribution is 2.27. The van der Waals surface area contributed by atoms with Gasteiger partial charge < -0.3 is 5.32 Å². The van der Waals surface area contributed by atoms with Gasteiger partial charge in [0.25, 0.3) is 0 Å². The number of nitrogens with zero attached hydrogens (tertiary/aromatic N) is 3. The van der Waals surface area contributed by atoms with Crippen LogP contribution >= 0.6 is 11.8 Å². The Balaban J connectivity index is 1.42. The monoisotopic (exact) mass is 443 g/mol. The maximum absolute atomic E-state index is 12.3. The lowest BCUT2D eigenvalue weighted by Gasteiger charge is -2.10. The molecule has 7 nitrogen and oxygen atoms in total. The van der Waals surface area contributed by atoms with Crippen LogP contribution in [0.25, 0.3) is 17.1 Å². The third-order valence-electron chi connectivity index (χ3n) is 4.56. The number of aromatic nitrogens is 3. The second-order valence-corrected chi connectivity index (χ2v) is 7.79. The van der Waals surface area contributed by atoms with Crippen LogP contribution in [0, 0.1) is 0 Å². The van der Waals surface area contributed by atoms with Crippen LogP contribution in [0.5, 0.6) is 0 Å². The highest BCUT2D eigenvalue weighted by atomic mass is 32.2. The number of para-hydroxylation sites is 1. The molecule has 4 aromatic rings. The Bertz CT molecular complexity index is 1180. The molecule has 0 aliphatic carbocycles. The van der Waals surface area contributed by atoms with Gasteiger partial charge in [0.2, 0.25) is 5.91 Å². The van der Waals surface area contributed by atoms with Crippen LogP contribution in [-0.2, 0) is 11.3 Å². The van der Waals surface area contributed by atoms with Gasteiger partial charge in [-0.2, -0.15) is 0 Å². The van der Waals surface area contributed by atoms with Crippen molar-refractivity contribution < 1.29 is 9.59 Å². The lowest BCUT2D eigenvalue weighted by molar-refractivity contribution is -0.117. The summed E-state index contributed by atoms with van der Waals surface area (Å²) in [5.74, 6) is 0.295. The molecule has 160 valence electrons. The number of hydrogen-bond donors (Lipinski definition) is 2. The van der Waals surface area contributed by atoms with E-state index in [4.69, 9.17) is 0 Å². The fourth-order valence-electron chi connectivity index (χ4n) is 3.06. The van der Waals surface area contributed by atoms with Gasteiger partial charge in [0.1, 0.15) is 0 Å². The Labute approximate surface area is 189 Å². The van der Waals surface area contributed by atoms with Crippen LogP contribution in [0.15, 0.2) is 96.2 Å². The van der Waals surface area contributed by atoms with Gasteiger partial charge in [0.15, 0.2) is 11.0 Å². The Morgan fingerprint density at radius 3 is 2.12 bits per heavy atom. The minimum atomic E-state index is -0.533. The number of amides is 3. The first-order valence-corrected chi connectivity index (χ1v) is 11.0. The van der Waals surface area contributed by atoms with Gasteiger partial charge in [-0.3, -0.25) is 14.7 Å². The maximum Gasteiger partial charge on any atom is 0.321 e. The number of imide groups is 1. The molecule has 4 rings (SSSR count). The van der Waals surface area contributed by atoms with E-state index in [9.17, 15) is 9.59 Å². The average molecular weight is 444 g/mol. The molecule has 0 bridgehead atoms. The second-order valence-electron chi connectivity index (χ2n) is 6.85. The molecule has 0 saturated carbocycles. The number of hydrogen-bond acceptors (Lipinski definition) is 5. The molecule has 8 heteroatoms. The average Bonchev–Trinajstić information content (AvgIpc) is 3.27. The van der Waals surface area contributed by atoms with Crippen molar-refractivity contribution in [2.75, 3.05) is 5.75 Å². The normalized spacial score (nSPS) is 10.5. The minimum absolute atomic E-state index is 0.0263. The summed E-state index contributed by atoms with van der Waals surface area (Å²) in [5.41, 5.74) is 2.76. The molecular formula is C24H21N5O2S. The van der Waals surface area contributed by atoms with Gasteiger partial charge in [0.05, 0.1) is 5.75 Å². The van der Waals surface area contributed by atoms with E-state index in [2.05, 4.69) is 20.8 Å². The summed E-state index contributed by atoms with van der Waals surface area (Å²) in [4.78, 5) is 24.3. The topological polar surface area (TPSA) is 88.9 Å². The first-order valence-electron chi connectivity index (χ1n) is 10.0. The number of urea groups is 1. The third-order valence-corrected chi connectivity index (χ3v) is 5.49. The van der Waals surface area contributed by atoms with E-state index in [1.54, 1.807) is 0 Å². The summed E-state index contributed by atoms with van der Waals surface area (Å²) >= 11 is 1.22. The van der Waals surface area contributed by atoms with Crippen LogP contribution in [-0.4, -0.2) is 32.5 Å². The van der Waals surface area contributed by atoms with E-state index in [-0.39, 0.29) is 5.75 Å². The summed E-state index contributed by atoms with van der Waals surface area (Å²) in [5, 5.41) is 14.2. The zero-order chi connectivity index (χ0) is 22.2. The lowest BCUT2D eigenvalue weighted by atomic mass is 10.2. The zero-order valence-corrected chi connectivity index (χ0v) is 18.0. The van der Waals surface area contributed by atoms with Crippen molar-refractivity contribution in [2.45, 2.75) is 11.7 Å². The molecule has 3 aromatic carbocycles. The molecule has 3 amide bonds. The standard InChI is InChI=1S/C24H21N5O2S/c30-21(26-23(31)25-16-18-10-4-1-5-11-18)17-32-24-28-27-22(19-12-6-2-7-13-19)29(24)20-14-8-3-9-15-20/h1-15H,16-17H2,(H2,25,26,30,31). The molecule has 1 heterocycles. The molecular weight excluding hydrogens is 422 g/mol. The van der Waals surface area contributed by atoms with Gasteiger partial charge in [-0.15, -0.1) is 10.2 Å². The number of nitrogens with one attached hydrogen (secondary N) is 2. The van der Waals surface area contributed by atoms with E-state index in [1.807, 2.05) is 95.6 Å². The second kappa shape index (κ2) is 10.4. The fraction of sp³-hybridized carbons (Fsp3) is 0.0833. The van der Waals surface area contributed by atoms with E-state index in [1.165, 1.54) is 11.8 Å². The van der Waals surface area contributed by atoms with E-state index >= 15 is 0 Å². The Morgan fingerprint density at radius 1 is 0.812 bits per heavy atom. The molecule has 2 N–H and O–H groups in total. The quantitative estimate of drug-likeness (QED) is 0.421. The maximum atomic E-state index is 12.3. The van der Waals surface area contributed by atoms with E-state index in [0.717, 1.165) is 16.8 Å². The third kappa shape index (κ3) is 5.41. The molecule has 0 spiro atoms. The molecule has 0 unspecified atom stereocenters. The summed E-state index contributed by atoms with van der Waals surface area (Å²) in [6.45, 7) is 0.343. The minimum Gasteiger partial charge on any atom is -0.334 e. The predicted molar refractivity (Wildman–Crippen MR) is 124 cm³/mol. The zero-order valence-electron chi connectivity index (χ0n) is 17.1. The predicted octanol–water partition coefficient (Wildman–Crippen LogP) is 4.05. The molecule has 0 atom stereocenters. The summed E-state index contributed by atoms with van der Waals surface area (Å²) in [7, 11) is 0. The van der Waals surface area contributed by atoms with Crippen molar-refractivity contribution in [1.82, 2.24) is 25.4 Å². The number of rotatable bonds is 7. The van der Waals surface area contributed by atoms with Crippen molar-refractivity contribution in [3.8, 4) is 17.1 Å². The van der Waals surface area contributed by atoms with Crippen molar-refractivity contribution >= 4 is 23.7 Å². The molecule has 0 fully saturated rings. The van der Waals surface area contributed by atoms with Crippen molar-refractivity contribution in [1.29, 1.82) is 0 Å². The number of carbonyl (C=O) groups excluding carboxylic acids is 2.